The van der Waals surface area contributed by atoms with Gasteiger partial charge in [0.2, 0.25) is 5.78 Å². The third-order valence-corrected chi connectivity index (χ3v) is 12.7. The predicted octanol–water partition coefficient (Wildman–Crippen LogP) is 6.22. The topological polar surface area (TPSA) is 37.8 Å². The van der Waals surface area contributed by atoms with Crippen LogP contribution in [0.15, 0.2) is 48.8 Å². The molecule has 3 rings (SSSR count). The van der Waals surface area contributed by atoms with Gasteiger partial charge in [-0.1, -0.05) is 59.7 Å². The zero-order valence-corrected chi connectivity index (χ0v) is 17.7. The first-order chi connectivity index (χ1) is 12.3. The van der Waals surface area contributed by atoms with Crippen molar-refractivity contribution >= 4 is 24.9 Å². The van der Waals surface area contributed by atoms with Crippen LogP contribution in [0.25, 0.3) is 10.9 Å². The number of benzene rings is 1. The molecule has 0 saturated carbocycles. The van der Waals surface area contributed by atoms with E-state index in [9.17, 15) is 4.79 Å². The molecule has 2 aromatic heterocycles. The molecule has 1 N–H and O–H groups in total. The number of nitrogens with zero attached hydrogens (tertiary/aromatic N) is 1. The molecule has 1 aromatic carbocycles. The third-order valence-electron chi connectivity index (χ3n) is 5.95. The van der Waals surface area contributed by atoms with Gasteiger partial charge in [0.1, 0.15) is 0 Å². The Morgan fingerprint density at radius 1 is 0.962 bits per heavy atom. The highest BCUT2D eigenvalue weighted by Gasteiger charge is 2.45. The van der Waals surface area contributed by atoms with Crippen molar-refractivity contribution in [3.05, 3.63) is 60.0 Å². The Morgan fingerprint density at radius 2 is 1.58 bits per heavy atom. The molecule has 0 bridgehead atoms. The van der Waals surface area contributed by atoms with E-state index in [2.05, 4.69) is 63.2 Å². The Bertz CT molecular complexity index is 862. The van der Waals surface area contributed by atoms with Crippen LogP contribution in [-0.4, -0.2) is 23.2 Å². The van der Waals surface area contributed by atoms with Crippen LogP contribution in [0.2, 0.25) is 16.6 Å². The molecule has 2 heterocycles. The van der Waals surface area contributed by atoms with Crippen LogP contribution in [0, 0.1) is 0 Å². The average molecular weight is 367 g/mol. The van der Waals surface area contributed by atoms with E-state index in [4.69, 9.17) is 0 Å². The minimum atomic E-state index is -1.81. The van der Waals surface area contributed by atoms with Crippen molar-refractivity contribution in [2.75, 3.05) is 0 Å². The molecule has 0 fully saturated rings. The highest BCUT2D eigenvalue weighted by molar-refractivity contribution is 6.82. The molecule has 26 heavy (non-hydrogen) atoms. The van der Waals surface area contributed by atoms with Gasteiger partial charge in [0, 0.05) is 22.7 Å². The van der Waals surface area contributed by atoms with E-state index in [0.29, 0.717) is 22.3 Å². The number of para-hydroxylation sites is 1. The number of fused-ring (bicyclic) bond motifs is 1. The van der Waals surface area contributed by atoms with E-state index in [1.807, 2.05) is 36.4 Å². The number of carbonyl (C=O) groups excluding carboxylic acids is 1. The standard InChI is InChI=1S/C22H30N2OSi/c1-15(2)26(16(3)4,17(5)6)24-12-11-19(14-24)22(25)21-13-18-9-7-8-10-20(18)23-21/h7-17,23H,1-6H3. The molecule has 0 aliphatic heterocycles. The molecule has 3 nitrogen and oxygen atoms in total. The minimum absolute atomic E-state index is 0.0686. The number of aromatic nitrogens is 2. The highest BCUT2D eigenvalue weighted by Crippen LogP contribution is 2.42. The van der Waals surface area contributed by atoms with Gasteiger partial charge in [0.15, 0.2) is 8.24 Å². The van der Waals surface area contributed by atoms with Crippen molar-refractivity contribution in [2.45, 2.75) is 58.2 Å². The second-order valence-corrected chi connectivity index (χ2v) is 14.0. The number of hydrogen-bond donors (Lipinski definition) is 1. The summed E-state index contributed by atoms with van der Waals surface area (Å²) in [6, 6.07) is 12.0. The molecule has 0 atom stereocenters. The lowest BCUT2D eigenvalue weighted by atomic mass is 10.1. The summed E-state index contributed by atoms with van der Waals surface area (Å²) in [4.78, 5) is 16.3. The largest absolute Gasteiger partial charge is 0.379 e. The van der Waals surface area contributed by atoms with Gasteiger partial charge in [-0.25, -0.2) is 0 Å². The van der Waals surface area contributed by atoms with Crippen molar-refractivity contribution in [1.29, 1.82) is 0 Å². The third kappa shape index (κ3) is 2.86. The summed E-state index contributed by atoms with van der Waals surface area (Å²) in [5.41, 5.74) is 4.25. The van der Waals surface area contributed by atoms with E-state index in [1.54, 1.807) is 0 Å². The van der Waals surface area contributed by atoms with Gasteiger partial charge >= 0.3 is 0 Å². The molecule has 0 saturated heterocycles. The normalized spacial score (nSPS) is 12.7. The van der Waals surface area contributed by atoms with Crippen molar-refractivity contribution in [2.24, 2.45) is 0 Å². The van der Waals surface area contributed by atoms with Gasteiger partial charge in [-0.3, -0.25) is 4.79 Å². The number of aromatic amines is 1. The maximum absolute atomic E-state index is 13.0. The predicted molar refractivity (Wildman–Crippen MR) is 113 cm³/mol. The number of H-pyrrole nitrogens is 1. The Balaban J connectivity index is 2.01. The summed E-state index contributed by atoms with van der Waals surface area (Å²) in [6.45, 7) is 14.0. The Hall–Kier alpha value is -2.07. The van der Waals surface area contributed by atoms with Crippen molar-refractivity contribution < 1.29 is 4.79 Å². The quantitative estimate of drug-likeness (QED) is 0.408. The fourth-order valence-electron chi connectivity index (χ4n) is 5.02. The number of hydrogen-bond acceptors (Lipinski definition) is 1. The molecule has 0 radical (unpaired) electrons. The van der Waals surface area contributed by atoms with Crippen LogP contribution in [-0.2, 0) is 0 Å². The van der Waals surface area contributed by atoms with E-state index in [-0.39, 0.29) is 5.78 Å². The lowest BCUT2D eigenvalue weighted by molar-refractivity contribution is 0.103. The lowest BCUT2D eigenvalue weighted by Gasteiger charge is -2.44. The van der Waals surface area contributed by atoms with E-state index in [0.717, 1.165) is 16.5 Å². The molecule has 0 amide bonds. The molecule has 4 heteroatoms. The lowest BCUT2D eigenvalue weighted by Crippen LogP contribution is -2.51. The van der Waals surface area contributed by atoms with E-state index in [1.165, 1.54) is 0 Å². The summed E-state index contributed by atoms with van der Waals surface area (Å²) in [6.07, 6.45) is 4.24. The van der Waals surface area contributed by atoms with Gasteiger partial charge in [-0.05, 0) is 41.0 Å². The van der Waals surface area contributed by atoms with E-state index < -0.39 is 8.24 Å². The first-order valence-corrected chi connectivity index (χ1v) is 11.8. The number of rotatable bonds is 6. The van der Waals surface area contributed by atoms with Gasteiger partial charge in [-0.2, -0.15) is 0 Å². The van der Waals surface area contributed by atoms with Crippen LogP contribution in [0.5, 0.6) is 0 Å². The van der Waals surface area contributed by atoms with Gasteiger partial charge in [-0.15, -0.1) is 0 Å². The number of ketones is 1. The summed E-state index contributed by atoms with van der Waals surface area (Å²) >= 11 is 0. The second kappa shape index (κ2) is 6.91. The molecule has 0 aliphatic rings. The number of nitrogens with one attached hydrogen (secondary N) is 1. The van der Waals surface area contributed by atoms with Crippen molar-refractivity contribution in [1.82, 2.24) is 9.22 Å². The summed E-state index contributed by atoms with van der Waals surface area (Å²) in [5, 5.41) is 1.07. The number of carbonyl (C=O) groups is 1. The highest BCUT2D eigenvalue weighted by atomic mass is 28.3. The summed E-state index contributed by atoms with van der Waals surface area (Å²) < 4.78 is 2.42. The molecule has 0 unspecified atom stereocenters. The average Bonchev–Trinajstić information content (AvgIpc) is 3.20. The maximum Gasteiger partial charge on any atom is 0.210 e. The molecule has 138 valence electrons. The van der Waals surface area contributed by atoms with Gasteiger partial charge in [0.05, 0.1) is 5.69 Å². The Labute approximate surface area is 157 Å². The fraction of sp³-hybridized carbons (Fsp3) is 0.409. The van der Waals surface area contributed by atoms with Crippen molar-refractivity contribution in [3.63, 3.8) is 0 Å². The molecular formula is C22H30N2OSi. The molecule has 0 aliphatic carbocycles. The van der Waals surface area contributed by atoms with Crippen LogP contribution in [0.4, 0.5) is 0 Å². The van der Waals surface area contributed by atoms with Gasteiger partial charge in [0.25, 0.3) is 0 Å². The first kappa shape index (κ1) is 18.7. The summed E-state index contributed by atoms with van der Waals surface area (Å²) in [7, 11) is -1.81. The SMILES string of the molecule is CC(C)[Si](C(C)C)(C(C)C)n1ccc(C(=O)c2cc3ccccc3[nH]2)c1. The second-order valence-electron chi connectivity index (χ2n) is 8.26. The minimum Gasteiger partial charge on any atom is -0.379 e. The monoisotopic (exact) mass is 366 g/mol. The Morgan fingerprint density at radius 3 is 2.15 bits per heavy atom. The fourth-order valence-corrected chi connectivity index (χ4v) is 11.5. The van der Waals surface area contributed by atoms with Crippen LogP contribution < -0.4 is 0 Å². The smallest absolute Gasteiger partial charge is 0.210 e. The van der Waals surface area contributed by atoms with Crippen LogP contribution >= 0.6 is 0 Å². The summed E-state index contributed by atoms with van der Waals surface area (Å²) in [5.74, 6) is 0.0686. The zero-order valence-electron chi connectivity index (χ0n) is 16.7. The molecule has 0 spiro atoms. The van der Waals surface area contributed by atoms with Crippen LogP contribution in [0.1, 0.15) is 57.6 Å². The van der Waals surface area contributed by atoms with Crippen LogP contribution in [0.3, 0.4) is 0 Å². The van der Waals surface area contributed by atoms with E-state index >= 15 is 0 Å². The molecular weight excluding hydrogens is 336 g/mol. The Kier molecular flexibility index (Phi) is 4.98. The van der Waals surface area contributed by atoms with Gasteiger partial charge < -0.3 is 9.22 Å². The maximum atomic E-state index is 13.0. The van der Waals surface area contributed by atoms with Crippen molar-refractivity contribution in [3.8, 4) is 0 Å². The zero-order chi connectivity index (χ0) is 19.1. The first-order valence-electron chi connectivity index (χ1n) is 9.59. The molecule has 3 aromatic rings.